The minimum atomic E-state index is -1.41. The van der Waals surface area contributed by atoms with E-state index < -0.39 is 11.0 Å². The molecule has 0 aliphatic carbocycles. The van der Waals surface area contributed by atoms with E-state index in [4.69, 9.17) is 4.42 Å². The van der Waals surface area contributed by atoms with E-state index in [0.29, 0.717) is 28.3 Å². The molecule has 188 valence electrons. The van der Waals surface area contributed by atoms with Crippen LogP contribution in [0.5, 0.6) is 0 Å². The summed E-state index contributed by atoms with van der Waals surface area (Å²) in [7, 11) is 1.95. The van der Waals surface area contributed by atoms with Gasteiger partial charge in [0.25, 0.3) is 0 Å². The van der Waals surface area contributed by atoms with E-state index in [1.807, 2.05) is 26.8 Å². The average Bonchev–Trinajstić information content (AvgIpc) is 3.44. The largest absolute Gasteiger partial charge is 0.514 e. The van der Waals surface area contributed by atoms with Gasteiger partial charge in [0.1, 0.15) is 27.2 Å². The Morgan fingerprint density at radius 3 is 2.42 bits per heavy atom. The van der Waals surface area contributed by atoms with Crippen molar-refractivity contribution in [2.75, 3.05) is 24.7 Å². The molecule has 0 bridgehead atoms. The monoisotopic (exact) mass is 517 g/mol. The summed E-state index contributed by atoms with van der Waals surface area (Å²) in [4.78, 5) is 0. The molecule has 2 rings (SSSR count). The quantitative estimate of drug-likeness (QED) is 0.292. The molecule has 0 aliphatic heterocycles. The Morgan fingerprint density at radius 2 is 1.91 bits per heavy atom. The van der Waals surface area contributed by atoms with E-state index >= 15 is 0 Å². The minimum absolute atomic E-state index is 0.333. The number of thioether (sulfide) groups is 1. The third-order valence-corrected chi connectivity index (χ3v) is 6.70. The van der Waals surface area contributed by atoms with Crippen LogP contribution < -0.4 is 10.6 Å². The number of anilines is 2. The van der Waals surface area contributed by atoms with Gasteiger partial charge in [-0.25, -0.2) is 8.51 Å². The second-order valence-corrected chi connectivity index (χ2v) is 10.4. The fraction of sp³-hybridized carbons (Fsp3) is 0.545. The molecular weight excluding hydrogens is 478 g/mol. The van der Waals surface area contributed by atoms with E-state index in [0.717, 1.165) is 35.0 Å². The molecule has 2 heterocycles. The number of aromatic nitrogens is 2. The Morgan fingerprint density at radius 1 is 1.30 bits per heavy atom. The summed E-state index contributed by atoms with van der Waals surface area (Å²) < 4.78 is 27.9. The Balaban J connectivity index is 0.00000189. The molecule has 0 spiro atoms. The molecule has 0 amide bonds. The van der Waals surface area contributed by atoms with Crippen LogP contribution in [0.4, 0.5) is 11.6 Å². The van der Waals surface area contributed by atoms with Gasteiger partial charge in [-0.05, 0) is 44.0 Å². The number of furan rings is 1. The fourth-order valence-electron chi connectivity index (χ4n) is 2.01. The topological polar surface area (TPSA) is 104 Å². The van der Waals surface area contributed by atoms with Crippen LogP contribution in [0.2, 0.25) is 0 Å². The van der Waals surface area contributed by atoms with Crippen LogP contribution in [0.25, 0.3) is 0 Å². The predicted molar refractivity (Wildman–Crippen MR) is 145 cm³/mol. The number of hydrogen-bond acceptors (Lipinski definition) is 9. The van der Waals surface area contributed by atoms with Gasteiger partial charge in [-0.3, -0.25) is 0 Å². The summed E-state index contributed by atoms with van der Waals surface area (Å²) in [5.41, 5.74) is 1.93. The van der Waals surface area contributed by atoms with E-state index in [2.05, 4.69) is 47.1 Å². The number of rotatable bonds is 10. The smallest absolute Gasteiger partial charge is 0.188 e. The number of allylic oxidation sites excluding steroid dienone is 1. The van der Waals surface area contributed by atoms with Crippen molar-refractivity contribution < 1.29 is 13.7 Å². The van der Waals surface area contributed by atoms with Crippen molar-refractivity contribution >= 4 is 46.1 Å². The van der Waals surface area contributed by atoms with Crippen molar-refractivity contribution in [1.29, 1.82) is 0 Å². The molecule has 0 radical (unpaired) electrons. The molecule has 8 nitrogen and oxygen atoms in total. The van der Waals surface area contributed by atoms with Gasteiger partial charge in [0, 0.05) is 5.70 Å². The molecule has 3 N–H and O–H groups in total. The average molecular weight is 518 g/mol. The van der Waals surface area contributed by atoms with Crippen molar-refractivity contribution in [2.45, 2.75) is 67.3 Å². The molecule has 0 aromatic carbocycles. The molecule has 0 saturated carbocycles. The Labute approximate surface area is 209 Å². The van der Waals surface area contributed by atoms with Gasteiger partial charge in [-0.15, -0.1) is 0 Å². The maximum absolute atomic E-state index is 12.0. The first kappa shape index (κ1) is 31.2. The lowest BCUT2D eigenvalue weighted by molar-refractivity contribution is 0.473. The molecule has 2 aromatic rings. The molecule has 2 aromatic heterocycles. The lowest BCUT2D eigenvalue weighted by atomic mass is 10.1. The molecule has 0 fully saturated rings. The van der Waals surface area contributed by atoms with Crippen molar-refractivity contribution in [2.24, 2.45) is 0 Å². The zero-order valence-electron chi connectivity index (χ0n) is 21.1. The SMILES string of the molecule is C/C(=C\S/C(=C/O)S(=O)N(C)C)Nc1nsnc1NCc1cc(C(C)C)co1.CC.CCC. The predicted octanol–water partition coefficient (Wildman–Crippen LogP) is 6.90. The summed E-state index contributed by atoms with van der Waals surface area (Å²) in [6.07, 6.45) is 3.88. The number of aliphatic hydroxyl groups excluding tert-OH is 1. The molecule has 0 saturated heterocycles. The second-order valence-electron chi connectivity index (χ2n) is 7.08. The zero-order chi connectivity index (χ0) is 25.4. The van der Waals surface area contributed by atoms with Crippen LogP contribution in [-0.4, -0.2) is 36.5 Å². The van der Waals surface area contributed by atoms with Gasteiger partial charge >= 0.3 is 0 Å². The highest BCUT2D eigenvalue weighted by Crippen LogP contribution is 2.26. The van der Waals surface area contributed by atoms with Crippen molar-refractivity contribution in [3.63, 3.8) is 0 Å². The molecule has 0 aliphatic rings. The summed E-state index contributed by atoms with van der Waals surface area (Å²) in [5, 5.41) is 17.4. The van der Waals surface area contributed by atoms with Crippen molar-refractivity contribution in [3.8, 4) is 0 Å². The highest BCUT2D eigenvalue weighted by molar-refractivity contribution is 8.17. The third-order valence-electron chi connectivity index (χ3n) is 3.54. The first-order valence-electron chi connectivity index (χ1n) is 10.9. The number of nitrogens with one attached hydrogen (secondary N) is 2. The van der Waals surface area contributed by atoms with Crippen molar-refractivity contribution in [1.82, 2.24) is 13.1 Å². The van der Waals surface area contributed by atoms with Gasteiger partial charge in [0.2, 0.25) is 0 Å². The summed E-state index contributed by atoms with van der Waals surface area (Å²) in [5.74, 6) is 2.47. The van der Waals surface area contributed by atoms with Crippen molar-refractivity contribution in [3.05, 3.63) is 45.3 Å². The van der Waals surface area contributed by atoms with Crippen LogP contribution in [0, 0.1) is 0 Å². The maximum atomic E-state index is 12.0. The standard InChI is InChI=1S/C17H25N5O3S3.C3H8.C2H6/c1-11(2)13-6-14(25-9-13)7-18-16-17(21-27-20-16)19-12(3)10-26-15(8-23)28(24)22(4)5;1-3-2;1-2/h6,8-11,23H,7H2,1-5H3,(H,18,20)(H,19,21);3H2,1-2H3;1-2H3/b12-10+,15-8-;;. The lowest BCUT2D eigenvalue weighted by Gasteiger charge is -2.10. The van der Waals surface area contributed by atoms with Crippen LogP contribution >= 0.6 is 23.5 Å². The van der Waals surface area contributed by atoms with Gasteiger partial charge in [-0.1, -0.05) is 59.7 Å². The highest BCUT2D eigenvalue weighted by atomic mass is 32.2. The van der Waals surface area contributed by atoms with Gasteiger partial charge in [0.15, 0.2) is 11.6 Å². The summed E-state index contributed by atoms with van der Waals surface area (Å²) in [6.45, 7) is 14.8. The zero-order valence-corrected chi connectivity index (χ0v) is 23.6. The third kappa shape index (κ3) is 11.7. The fourth-order valence-corrected chi connectivity index (χ4v) is 4.28. The summed E-state index contributed by atoms with van der Waals surface area (Å²) >= 11 is 2.27. The van der Waals surface area contributed by atoms with Crippen LogP contribution in [0.1, 0.15) is 72.1 Å². The molecule has 1 unspecified atom stereocenters. The number of hydrogen-bond donors (Lipinski definition) is 3. The minimum Gasteiger partial charge on any atom is -0.514 e. The Kier molecular flexibility index (Phi) is 16.7. The van der Waals surface area contributed by atoms with Gasteiger partial charge in [-0.2, -0.15) is 8.75 Å². The molecule has 11 heteroatoms. The second kappa shape index (κ2) is 17.6. The molecule has 1 atom stereocenters. The van der Waals surface area contributed by atoms with E-state index in [1.165, 1.54) is 22.5 Å². The van der Waals surface area contributed by atoms with Gasteiger partial charge < -0.3 is 20.2 Å². The number of aliphatic hydroxyl groups is 1. The highest BCUT2D eigenvalue weighted by Gasteiger charge is 2.12. The van der Waals surface area contributed by atoms with Crippen LogP contribution in [0.3, 0.4) is 0 Å². The van der Waals surface area contributed by atoms with E-state index in [9.17, 15) is 9.32 Å². The number of nitrogens with zero attached hydrogens (tertiary/aromatic N) is 3. The Bertz CT molecular complexity index is 876. The van der Waals surface area contributed by atoms with Crippen LogP contribution in [-0.2, 0) is 17.5 Å². The lowest BCUT2D eigenvalue weighted by Crippen LogP contribution is -2.15. The van der Waals surface area contributed by atoms with Gasteiger partial charge in [0.05, 0.1) is 24.5 Å². The van der Waals surface area contributed by atoms with Crippen LogP contribution in [0.15, 0.2) is 38.4 Å². The van der Waals surface area contributed by atoms with E-state index in [-0.39, 0.29) is 0 Å². The first-order valence-corrected chi connectivity index (χ1v) is 13.6. The Hall–Kier alpha value is -1.82. The summed E-state index contributed by atoms with van der Waals surface area (Å²) in [6, 6.07) is 2.03. The first-order chi connectivity index (χ1) is 15.7. The molecular formula is C22H39N5O3S3. The maximum Gasteiger partial charge on any atom is 0.188 e. The van der Waals surface area contributed by atoms with E-state index in [1.54, 1.807) is 25.8 Å². The molecule has 33 heavy (non-hydrogen) atoms. The normalized spacial score (nSPS) is 12.6.